The summed E-state index contributed by atoms with van der Waals surface area (Å²) >= 11 is 5.94. The van der Waals surface area contributed by atoms with Crippen LogP contribution < -0.4 is 15.2 Å². The van der Waals surface area contributed by atoms with Gasteiger partial charge in [0.1, 0.15) is 16.9 Å². The molecule has 17 heavy (non-hydrogen) atoms. The summed E-state index contributed by atoms with van der Waals surface area (Å²) in [5, 5.41) is -0.919. The molecule has 0 aliphatic heterocycles. The number of alkyl halides is 1. The Labute approximate surface area is 106 Å². The molecule has 1 rings (SSSR count). The van der Waals surface area contributed by atoms with E-state index in [1.165, 1.54) is 0 Å². The Kier molecular flexibility index (Phi) is 5.10. The van der Waals surface area contributed by atoms with Crippen molar-refractivity contribution in [3.8, 4) is 11.5 Å². The van der Waals surface area contributed by atoms with E-state index in [9.17, 15) is 4.79 Å². The van der Waals surface area contributed by atoms with Crippen LogP contribution in [0.2, 0.25) is 0 Å². The van der Waals surface area contributed by atoms with Crippen LogP contribution in [0.25, 0.3) is 0 Å². The predicted molar refractivity (Wildman–Crippen MR) is 66.6 cm³/mol. The van der Waals surface area contributed by atoms with Crippen molar-refractivity contribution in [1.29, 1.82) is 0 Å². The largest absolute Gasteiger partial charge is 0.494 e. The molecule has 0 bridgehead atoms. The highest BCUT2D eigenvalue weighted by Gasteiger charge is 2.19. The van der Waals surface area contributed by atoms with Crippen LogP contribution in [-0.4, -0.2) is 19.1 Å². The Bertz CT molecular complexity index is 395. The molecule has 0 aromatic heterocycles. The third kappa shape index (κ3) is 3.53. The smallest absolute Gasteiger partial charge is 0.240 e. The second-order valence-electron chi connectivity index (χ2n) is 3.33. The van der Waals surface area contributed by atoms with Crippen molar-refractivity contribution >= 4 is 17.5 Å². The molecule has 0 saturated carbocycles. The molecule has 1 atom stereocenters. The third-order valence-corrected chi connectivity index (χ3v) is 2.57. The summed E-state index contributed by atoms with van der Waals surface area (Å²) in [6, 6.07) is 5.17. The predicted octanol–water partition coefficient (Wildman–Crippen LogP) is 2.25. The van der Waals surface area contributed by atoms with Gasteiger partial charge >= 0.3 is 0 Å². The molecule has 1 unspecified atom stereocenters. The minimum Gasteiger partial charge on any atom is -0.494 e. The van der Waals surface area contributed by atoms with E-state index in [-0.39, 0.29) is 0 Å². The van der Waals surface area contributed by atoms with Gasteiger partial charge in [0.05, 0.1) is 13.2 Å². The molecule has 0 fully saturated rings. The lowest BCUT2D eigenvalue weighted by atomic mass is 10.1. The summed E-state index contributed by atoms with van der Waals surface area (Å²) in [5.74, 6) is 0.578. The van der Waals surface area contributed by atoms with Gasteiger partial charge in [0, 0.05) is 5.56 Å². The first-order chi connectivity index (χ1) is 8.10. The van der Waals surface area contributed by atoms with Crippen LogP contribution in [-0.2, 0) is 4.79 Å². The molecule has 1 aromatic carbocycles. The highest BCUT2D eigenvalue weighted by atomic mass is 35.5. The minimum atomic E-state index is -0.919. The summed E-state index contributed by atoms with van der Waals surface area (Å²) in [6.45, 7) is 4.76. The third-order valence-electron chi connectivity index (χ3n) is 2.11. The van der Waals surface area contributed by atoms with Crippen LogP contribution in [0.4, 0.5) is 0 Å². The number of carbonyl (C=O) groups excluding carboxylic acids is 1. The Hall–Kier alpha value is -1.42. The SMILES string of the molecule is CCOc1ccc(OCC)c(C(Cl)C(N)=O)c1. The molecule has 4 nitrogen and oxygen atoms in total. The molecule has 0 heterocycles. The van der Waals surface area contributed by atoms with E-state index in [1.54, 1.807) is 18.2 Å². The number of nitrogens with two attached hydrogens (primary N) is 1. The number of benzene rings is 1. The average molecular weight is 258 g/mol. The monoisotopic (exact) mass is 257 g/mol. The van der Waals surface area contributed by atoms with E-state index in [0.717, 1.165) is 0 Å². The average Bonchev–Trinajstić information content (AvgIpc) is 2.30. The first-order valence-electron chi connectivity index (χ1n) is 5.43. The van der Waals surface area contributed by atoms with Gasteiger partial charge in [-0.05, 0) is 32.0 Å². The van der Waals surface area contributed by atoms with Gasteiger partial charge in [-0.2, -0.15) is 0 Å². The van der Waals surface area contributed by atoms with E-state index in [1.807, 2.05) is 13.8 Å². The number of primary amides is 1. The van der Waals surface area contributed by atoms with Gasteiger partial charge in [0.2, 0.25) is 5.91 Å². The minimum absolute atomic E-state index is 0.489. The number of hydrogen-bond acceptors (Lipinski definition) is 3. The molecule has 0 saturated heterocycles. The van der Waals surface area contributed by atoms with E-state index < -0.39 is 11.3 Å². The zero-order chi connectivity index (χ0) is 12.8. The fraction of sp³-hybridized carbons (Fsp3) is 0.417. The summed E-state index contributed by atoms with van der Waals surface area (Å²) in [5.41, 5.74) is 5.72. The maximum absolute atomic E-state index is 11.1. The van der Waals surface area contributed by atoms with Gasteiger partial charge < -0.3 is 15.2 Å². The van der Waals surface area contributed by atoms with Crippen molar-refractivity contribution in [2.45, 2.75) is 19.2 Å². The molecule has 94 valence electrons. The van der Waals surface area contributed by atoms with Crippen LogP contribution >= 0.6 is 11.6 Å². The number of hydrogen-bond donors (Lipinski definition) is 1. The van der Waals surface area contributed by atoms with Crippen LogP contribution in [0.15, 0.2) is 18.2 Å². The number of amides is 1. The Morgan fingerprint density at radius 1 is 1.35 bits per heavy atom. The van der Waals surface area contributed by atoms with Crippen molar-refractivity contribution in [1.82, 2.24) is 0 Å². The fourth-order valence-electron chi connectivity index (χ4n) is 1.42. The lowest BCUT2D eigenvalue weighted by Gasteiger charge is -2.14. The normalized spacial score (nSPS) is 11.9. The van der Waals surface area contributed by atoms with Crippen LogP contribution in [0.5, 0.6) is 11.5 Å². The van der Waals surface area contributed by atoms with Crippen molar-refractivity contribution < 1.29 is 14.3 Å². The zero-order valence-corrected chi connectivity index (χ0v) is 10.7. The number of halogens is 1. The van der Waals surface area contributed by atoms with Crippen LogP contribution in [0, 0.1) is 0 Å². The van der Waals surface area contributed by atoms with Gasteiger partial charge in [0.25, 0.3) is 0 Å². The van der Waals surface area contributed by atoms with Crippen LogP contribution in [0.1, 0.15) is 24.8 Å². The van der Waals surface area contributed by atoms with E-state index in [4.69, 9.17) is 26.8 Å². The Balaban J connectivity index is 3.10. The maximum Gasteiger partial charge on any atom is 0.240 e. The summed E-state index contributed by atoms with van der Waals surface area (Å²) in [4.78, 5) is 11.1. The first kappa shape index (κ1) is 13.6. The number of ether oxygens (including phenoxy) is 2. The Morgan fingerprint density at radius 3 is 2.53 bits per heavy atom. The molecule has 0 aliphatic carbocycles. The molecule has 0 radical (unpaired) electrons. The summed E-state index contributed by atoms with van der Waals surface area (Å²) in [7, 11) is 0. The summed E-state index contributed by atoms with van der Waals surface area (Å²) in [6.07, 6.45) is 0. The highest BCUT2D eigenvalue weighted by Crippen LogP contribution is 2.33. The lowest BCUT2D eigenvalue weighted by Crippen LogP contribution is -2.18. The summed E-state index contributed by atoms with van der Waals surface area (Å²) < 4.78 is 10.7. The molecule has 2 N–H and O–H groups in total. The fourth-order valence-corrected chi connectivity index (χ4v) is 1.59. The topological polar surface area (TPSA) is 61.6 Å². The highest BCUT2D eigenvalue weighted by molar-refractivity contribution is 6.30. The second-order valence-corrected chi connectivity index (χ2v) is 3.77. The first-order valence-corrected chi connectivity index (χ1v) is 5.86. The van der Waals surface area contributed by atoms with Crippen molar-refractivity contribution in [2.24, 2.45) is 5.73 Å². The standard InChI is InChI=1S/C12H16ClNO3/c1-3-16-8-5-6-10(17-4-2)9(7-8)11(13)12(14)15/h5-7,11H,3-4H2,1-2H3,(H2,14,15). The van der Waals surface area contributed by atoms with E-state index in [0.29, 0.717) is 30.3 Å². The van der Waals surface area contributed by atoms with E-state index >= 15 is 0 Å². The molecule has 1 aromatic rings. The molecule has 1 amide bonds. The van der Waals surface area contributed by atoms with Crippen molar-refractivity contribution in [3.05, 3.63) is 23.8 Å². The second kappa shape index (κ2) is 6.35. The van der Waals surface area contributed by atoms with Crippen molar-refractivity contribution in [3.63, 3.8) is 0 Å². The molecular weight excluding hydrogens is 242 g/mol. The number of carbonyl (C=O) groups is 1. The van der Waals surface area contributed by atoms with Gasteiger partial charge in [-0.25, -0.2) is 0 Å². The van der Waals surface area contributed by atoms with Gasteiger partial charge in [-0.3, -0.25) is 4.79 Å². The quantitative estimate of drug-likeness (QED) is 0.795. The molecule has 5 heteroatoms. The zero-order valence-electron chi connectivity index (χ0n) is 9.90. The van der Waals surface area contributed by atoms with Gasteiger partial charge in [-0.1, -0.05) is 0 Å². The Morgan fingerprint density at radius 2 is 2.00 bits per heavy atom. The van der Waals surface area contributed by atoms with E-state index in [2.05, 4.69) is 0 Å². The molecule has 0 spiro atoms. The number of rotatable bonds is 6. The van der Waals surface area contributed by atoms with Crippen LogP contribution in [0.3, 0.4) is 0 Å². The maximum atomic E-state index is 11.1. The molecule has 0 aliphatic rings. The lowest BCUT2D eigenvalue weighted by molar-refractivity contribution is -0.117. The molecular formula is C12H16ClNO3. The van der Waals surface area contributed by atoms with Crippen molar-refractivity contribution in [2.75, 3.05) is 13.2 Å². The van der Waals surface area contributed by atoms with Gasteiger partial charge in [0.15, 0.2) is 0 Å². The van der Waals surface area contributed by atoms with Gasteiger partial charge in [-0.15, -0.1) is 11.6 Å².